The highest BCUT2D eigenvalue weighted by molar-refractivity contribution is 5.81. The summed E-state index contributed by atoms with van der Waals surface area (Å²) in [5, 5.41) is 4.30. The molecule has 0 bridgehead atoms. The molecule has 23 heavy (non-hydrogen) atoms. The number of hydrogen-bond donors (Lipinski definition) is 1. The van der Waals surface area contributed by atoms with Crippen molar-refractivity contribution in [2.24, 2.45) is 5.10 Å². The topological polar surface area (TPSA) is 74.7 Å². The monoisotopic (exact) mass is 314 g/mol. The highest BCUT2D eigenvalue weighted by atomic mass is 16.5. The smallest absolute Gasteiger partial charge is 0.221 e. The maximum Gasteiger partial charge on any atom is 0.221 e. The molecule has 6 nitrogen and oxygen atoms in total. The number of nitrogens with two attached hydrogens (primary N) is 1. The van der Waals surface area contributed by atoms with E-state index in [4.69, 9.17) is 15.2 Å². The van der Waals surface area contributed by atoms with Crippen molar-refractivity contribution in [1.82, 2.24) is 9.66 Å². The maximum absolute atomic E-state index is 5.76. The van der Waals surface area contributed by atoms with Crippen LogP contribution in [0.1, 0.15) is 25.1 Å². The van der Waals surface area contributed by atoms with Gasteiger partial charge in [-0.25, -0.2) is 9.66 Å². The number of aromatic nitrogens is 2. The van der Waals surface area contributed by atoms with Gasteiger partial charge in [-0.2, -0.15) is 5.10 Å². The SMILES string of the molecule is C=C(C)COc1ccc(C=Nn2cc(C)nc2N)cc1OCC. The van der Waals surface area contributed by atoms with Crippen LogP contribution in [0.3, 0.4) is 0 Å². The number of hydrogen-bond acceptors (Lipinski definition) is 5. The van der Waals surface area contributed by atoms with Crippen LogP contribution in [0.25, 0.3) is 0 Å². The molecule has 122 valence electrons. The predicted molar refractivity (Wildman–Crippen MR) is 92.3 cm³/mol. The molecule has 0 aliphatic carbocycles. The number of imidazole rings is 1. The molecule has 0 radical (unpaired) electrons. The van der Waals surface area contributed by atoms with Crippen molar-refractivity contribution < 1.29 is 9.47 Å². The van der Waals surface area contributed by atoms with E-state index in [2.05, 4.69) is 16.7 Å². The van der Waals surface area contributed by atoms with Gasteiger partial charge in [-0.1, -0.05) is 6.58 Å². The van der Waals surface area contributed by atoms with Crippen LogP contribution in [-0.2, 0) is 0 Å². The molecule has 1 aromatic carbocycles. The molecule has 0 fully saturated rings. The molecular formula is C17H22N4O2. The maximum atomic E-state index is 5.76. The van der Waals surface area contributed by atoms with Crippen LogP contribution in [0, 0.1) is 6.92 Å². The minimum Gasteiger partial charge on any atom is -0.490 e. The van der Waals surface area contributed by atoms with Crippen molar-refractivity contribution >= 4 is 12.2 Å². The Labute approximate surface area is 136 Å². The Balaban J connectivity index is 2.21. The Morgan fingerprint density at radius 3 is 2.78 bits per heavy atom. The highest BCUT2D eigenvalue weighted by Crippen LogP contribution is 2.28. The van der Waals surface area contributed by atoms with Gasteiger partial charge >= 0.3 is 0 Å². The lowest BCUT2D eigenvalue weighted by molar-refractivity contribution is 0.293. The number of anilines is 1. The lowest BCUT2D eigenvalue weighted by atomic mass is 10.2. The summed E-state index contributed by atoms with van der Waals surface area (Å²) in [7, 11) is 0. The van der Waals surface area contributed by atoms with Gasteiger partial charge in [-0.15, -0.1) is 0 Å². The average molecular weight is 314 g/mol. The van der Waals surface area contributed by atoms with Crippen molar-refractivity contribution in [2.45, 2.75) is 20.8 Å². The van der Waals surface area contributed by atoms with Crippen molar-refractivity contribution in [3.8, 4) is 11.5 Å². The quantitative estimate of drug-likeness (QED) is 0.629. The number of aryl methyl sites for hydroxylation is 1. The Morgan fingerprint density at radius 2 is 2.17 bits per heavy atom. The van der Waals surface area contributed by atoms with E-state index in [-0.39, 0.29) is 0 Å². The average Bonchev–Trinajstić information content (AvgIpc) is 2.82. The van der Waals surface area contributed by atoms with E-state index in [1.807, 2.05) is 39.0 Å². The third-order valence-corrected chi connectivity index (χ3v) is 2.91. The van der Waals surface area contributed by atoms with Crippen LogP contribution in [0.4, 0.5) is 5.95 Å². The van der Waals surface area contributed by atoms with Gasteiger partial charge in [0.1, 0.15) is 6.61 Å². The molecule has 0 amide bonds. The third kappa shape index (κ3) is 4.60. The van der Waals surface area contributed by atoms with E-state index in [0.29, 0.717) is 30.7 Å². The second-order valence-corrected chi connectivity index (χ2v) is 5.21. The minimum atomic E-state index is 0.352. The summed E-state index contributed by atoms with van der Waals surface area (Å²) in [5.41, 5.74) is 8.40. The number of nitrogens with zero attached hydrogens (tertiary/aromatic N) is 3. The van der Waals surface area contributed by atoms with Crippen LogP contribution in [0.15, 0.2) is 41.6 Å². The van der Waals surface area contributed by atoms with E-state index in [0.717, 1.165) is 16.8 Å². The number of benzene rings is 1. The van der Waals surface area contributed by atoms with Crippen LogP contribution in [-0.4, -0.2) is 29.1 Å². The molecule has 0 saturated heterocycles. The van der Waals surface area contributed by atoms with Crippen molar-refractivity contribution in [3.63, 3.8) is 0 Å². The molecule has 0 aliphatic heterocycles. The van der Waals surface area contributed by atoms with Gasteiger partial charge in [0, 0.05) is 0 Å². The molecule has 0 saturated carbocycles. The van der Waals surface area contributed by atoms with Gasteiger partial charge in [0.2, 0.25) is 5.95 Å². The van der Waals surface area contributed by atoms with Gasteiger partial charge in [0.25, 0.3) is 0 Å². The Hall–Kier alpha value is -2.76. The second-order valence-electron chi connectivity index (χ2n) is 5.21. The fraction of sp³-hybridized carbons (Fsp3) is 0.294. The molecule has 6 heteroatoms. The molecular weight excluding hydrogens is 292 g/mol. The first-order chi connectivity index (χ1) is 11.0. The number of rotatable bonds is 7. The summed E-state index contributed by atoms with van der Waals surface area (Å²) < 4.78 is 12.8. The fourth-order valence-electron chi connectivity index (χ4n) is 1.92. The first kappa shape index (κ1) is 16.6. The zero-order valence-electron chi connectivity index (χ0n) is 13.7. The Morgan fingerprint density at radius 1 is 1.39 bits per heavy atom. The third-order valence-electron chi connectivity index (χ3n) is 2.91. The zero-order valence-corrected chi connectivity index (χ0v) is 13.7. The molecule has 0 atom stereocenters. The normalized spacial score (nSPS) is 10.9. The van der Waals surface area contributed by atoms with E-state index < -0.39 is 0 Å². The first-order valence-corrected chi connectivity index (χ1v) is 7.39. The summed E-state index contributed by atoms with van der Waals surface area (Å²) in [5.74, 6) is 1.71. The van der Waals surface area contributed by atoms with E-state index in [1.165, 1.54) is 4.68 Å². The van der Waals surface area contributed by atoms with E-state index in [1.54, 1.807) is 12.4 Å². The Kier molecular flexibility index (Phi) is 5.41. The second kappa shape index (κ2) is 7.49. The first-order valence-electron chi connectivity index (χ1n) is 7.39. The van der Waals surface area contributed by atoms with Crippen molar-refractivity contribution in [2.75, 3.05) is 18.9 Å². The lowest BCUT2D eigenvalue weighted by Gasteiger charge is -2.12. The van der Waals surface area contributed by atoms with Crippen LogP contribution in [0.5, 0.6) is 11.5 Å². The van der Waals surface area contributed by atoms with Crippen LogP contribution in [0.2, 0.25) is 0 Å². The van der Waals surface area contributed by atoms with Gasteiger partial charge in [-0.05, 0) is 50.1 Å². The zero-order chi connectivity index (χ0) is 16.8. The van der Waals surface area contributed by atoms with Gasteiger partial charge in [-0.3, -0.25) is 0 Å². The molecule has 2 rings (SSSR count). The van der Waals surface area contributed by atoms with Gasteiger partial charge in [0.15, 0.2) is 11.5 Å². The van der Waals surface area contributed by atoms with E-state index in [9.17, 15) is 0 Å². The largest absolute Gasteiger partial charge is 0.490 e. The molecule has 0 unspecified atom stereocenters. The van der Waals surface area contributed by atoms with Gasteiger partial charge in [0.05, 0.1) is 24.7 Å². The summed E-state index contributed by atoms with van der Waals surface area (Å²) in [6.45, 7) is 10.5. The molecule has 0 spiro atoms. The van der Waals surface area contributed by atoms with Crippen molar-refractivity contribution in [1.29, 1.82) is 0 Å². The summed E-state index contributed by atoms with van der Waals surface area (Å²) in [6.07, 6.45) is 3.46. The van der Waals surface area contributed by atoms with Crippen molar-refractivity contribution in [3.05, 3.63) is 47.8 Å². The number of ether oxygens (including phenoxy) is 2. The van der Waals surface area contributed by atoms with Crippen LogP contribution >= 0.6 is 0 Å². The molecule has 1 heterocycles. The Bertz CT molecular complexity index is 719. The lowest BCUT2D eigenvalue weighted by Crippen LogP contribution is -2.02. The van der Waals surface area contributed by atoms with Crippen LogP contribution < -0.4 is 15.2 Å². The molecule has 1 aromatic heterocycles. The highest BCUT2D eigenvalue weighted by Gasteiger charge is 2.06. The molecule has 2 N–H and O–H groups in total. The molecule has 2 aromatic rings. The standard InChI is InChI=1S/C17H22N4O2/c1-5-22-16-8-14(6-7-15(16)23-11-12(2)3)9-19-21-10-13(4)20-17(21)18/h6-10H,2,5,11H2,1,3-4H3,(H2,18,20). The van der Waals surface area contributed by atoms with E-state index >= 15 is 0 Å². The summed E-state index contributed by atoms with van der Waals surface area (Å²) in [4.78, 5) is 4.10. The molecule has 0 aliphatic rings. The summed E-state index contributed by atoms with van der Waals surface area (Å²) >= 11 is 0. The number of nitrogen functional groups attached to an aromatic ring is 1. The van der Waals surface area contributed by atoms with Gasteiger partial charge < -0.3 is 15.2 Å². The summed E-state index contributed by atoms with van der Waals surface area (Å²) in [6, 6.07) is 5.64. The fourth-order valence-corrected chi connectivity index (χ4v) is 1.92. The predicted octanol–water partition coefficient (Wildman–Crippen LogP) is 3.01. The minimum absolute atomic E-state index is 0.352.